The van der Waals surface area contributed by atoms with Crippen LogP contribution in [-0.2, 0) is 11.8 Å². The Morgan fingerprint density at radius 3 is 2.81 bits per heavy atom. The quantitative estimate of drug-likeness (QED) is 0.665. The molecule has 1 amide bonds. The lowest BCUT2D eigenvalue weighted by Gasteiger charge is -2.32. The topological polar surface area (TPSA) is 106 Å². The van der Waals surface area contributed by atoms with Crippen molar-refractivity contribution in [1.29, 1.82) is 0 Å². The monoisotopic (exact) mass is 295 g/mol. The first-order chi connectivity index (χ1) is 9.88. The summed E-state index contributed by atoms with van der Waals surface area (Å²) in [6.07, 6.45) is 2.86. The summed E-state index contributed by atoms with van der Waals surface area (Å²) in [5, 5.41) is 19.6. The molecular formula is C13H17N3O5. The summed E-state index contributed by atoms with van der Waals surface area (Å²) in [6.45, 7) is 0.929. The SMILES string of the molecule is Cn1cc([N+](=O)[O-])cc1C(=O)N1CCCC(CC(=O)O)C1. The van der Waals surface area contributed by atoms with Gasteiger partial charge >= 0.3 is 5.97 Å². The Kier molecular flexibility index (Phi) is 4.25. The smallest absolute Gasteiger partial charge is 0.303 e. The van der Waals surface area contributed by atoms with E-state index in [4.69, 9.17) is 5.11 Å². The molecular weight excluding hydrogens is 278 g/mol. The van der Waals surface area contributed by atoms with Gasteiger partial charge < -0.3 is 14.6 Å². The van der Waals surface area contributed by atoms with Gasteiger partial charge in [0.15, 0.2) is 0 Å². The van der Waals surface area contributed by atoms with Gasteiger partial charge in [-0.2, -0.15) is 0 Å². The van der Waals surface area contributed by atoms with Crippen LogP contribution in [0.4, 0.5) is 5.69 Å². The zero-order valence-corrected chi connectivity index (χ0v) is 11.7. The predicted octanol–water partition coefficient (Wildman–Crippen LogP) is 1.26. The Morgan fingerprint density at radius 2 is 2.24 bits per heavy atom. The minimum Gasteiger partial charge on any atom is -0.481 e. The number of likely N-dealkylation sites (tertiary alicyclic amines) is 1. The summed E-state index contributed by atoms with van der Waals surface area (Å²) in [7, 11) is 1.58. The first-order valence-corrected chi connectivity index (χ1v) is 6.70. The van der Waals surface area contributed by atoms with Gasteiger partial charge in [0.25, 0.3) is 11.6 Å². The minimum absolute atomic E-state index is 0.0388. The number of nitrogens with zero attached hydrogens (tertiary/aromatic N) is 3. The first kappa shape index (κ1) is 15.0. The summed E-state index contributed by atoms with van der Waals surface area (Å²) < 4.78 is 1.43. The van der Waals surface area contributed by atoms with Crippen LogP contribution in [0.25, 0.3) is 0 Å². The second kappa shape index (κ2) is 5.94. The van der Waals surface area contributed by atoms with E-state index in [-0.39, 0.29) is 29.6 Å². The molecule has 0 saturated carbocycles. The minimum atomic E-state index is -0.871. The summed E-state index contributed by atoms with van der Waals surface area (Å²) in [4.78, 5) is 35.0. The van der Waals surface area contributed by atoms with Crippen LogP contribution in [0.3, 0.4) is 0 Å². The molecule has 0 bridgehead atoms. The summed E-state index contributed by atoms with van der Waals surface area (Å²) in [5.74, 6) is -1.22. The van der Waals surface area contributed by atoms with Crippen LogP contribution in [0.1, 0.15) is 29.8 Å². The lowest BCUT2D eigenvalue weighted by molar-refractivity contribution is -0.384. The van der Waals surface area contributed by atoms with Crippen molar-refractivity contribution in [3.05, 3.63) is 28.1 Å². The fraction of sp³-hybridized carbons (Fsp3) is 0.538. The van der Waals surface area contributed by atoms with Crippen molar-refractivity contribution in [2.45, 2.75) is 19.3 Å². The van der Waals surface area contributed by atoms with Crippen LogP contribution < -0.4 is 0 Å². The number of carbonyl (C=O) groups excluding carboxylic acids is 1. The van der Waals surface area contributed by atoms with Gasteiger partial charge in [0.2, 0.25) is 0 Å². The van der Waals surface area contributed by atoms with Crippen LogP contribution in [0.5, 0.6) is 0 Å². The average molecular weight is 295 g/mol. The van der Waals surface area contributed by atoms with E-state index in [0.29, 0.717) is 13.1 Å². The molecule has 1 N–H and O–H groups in total. The molecule has 2 heterocycles. The van der Waals surface area contributed by atoms with Gasteiger partial charge in [-0.25, -0.2) is 0 Å². The number of aromatic nitrogens is 1. The lowest BCUT2D eigenvalue weighted by Crippen LogP contribution is -2.41. The Balaban J connectivity index is 2.12. The van der Waals surface area contributed by atoms with E-state index in [1.807, 2.05) is 0 Å². The van der Waals surface area contributed by atoms with E-state index in [1.165, 1.54) is 16.8 Å². The number of hydrogen-bond donors (Lipinski definition) is 1. The lowest BCUT2D eigenvalue weighted by atomic mass is 9.94. The van der Waals surface area contributed by atoms with Crippen LogP contribution >= 0.6 is 0 Å². The van der Waals surface area contributed by atoms with Gasteiger partial charge in [0, 0.05) is 32.6 Å². The predicted molar refractivity (Wildman–Crippen MR) is 72.9 cm³/mol. The third-order valence-corrected chi connectivity index (χ3v) is 3.69. The highest BCUT2D eigenvalue weighted by Gasteiger charge is 2.28. The number of carbonyl (C=O) groups is 2. The highest BCUT2D eigenvalue weighted by atomic mass is 16.6. The second-order valence-corrected chi connectivity index (χ2v) is 5.31. The molecule has 0 spiro atoms. The molecule has 8 heteroatoms. The number of piperidine rings is 1. The number of hydrogen-bond acceptors (Lipinski definition) is 4. The number of amides is 1. The van der Waals surface area contributed by atoms with Crippen molar-refractivity contribution < 1.29 is 19.6 Å². The second-order valence-electron chi connectivity index (χ2n) is 5.31. The molecule has 114 valence electrons. The van der Waals surface area contributed by atoms with Gasteiger partial charge in [-0.1, -0.05) is 0 Å². The highest BCUT2D eigenvalue weighted by Crippen LogP contribution is 2.23. The van der Waals surface area contributed by atoms with Gasteiger partial charge in [-0.15, -0.1) is 0 Å². The number of rotatable bonds is 4. The molecule has 1 aromatic heterocycles. The summed E-state index contributed by atoms with van der Waals surface area (Å²) in [5.41, 5.74) is 0.123. The van der Waals surface area contributed by atoms with E-state index >= 15 is 0 Å². The fourth-order valence-electron chi connectivity index (χ4n) is 2.68. The standard InChI is InChI=1S/C13H17N3O5/c1-14-8-10(16(20)21)6-11(14)13(19)15-4-2-3-9(7-15)5-12(17)18/h6,8-9H,2-5,7H2,1H3,(H,17,18). The molecule has 0 radical (unpaired) electrons. The maximum absolute atomic E-state index is 12.4. The molecule has 1 fully saturated rings. The highest BCUT2D eigenvalue weighted by molar-refractivity contribution is 5.93. The van der Waals surface area contributed by atoms with Crippen LogP contribution in [-0.4, -0.2) is 44.5 Å². The van der Waals surface area contributed by atoms with Gasteiger partial charge in [0.1, 0.15) is 5.69 Å². The number of aliphatic carboxylic acids is 1. The van der Waals surface area contributed by atoms with Gasteiger partial charge in [0.05, 0.1) is 11.1 Å². The number of nitro groups is 1. The molecule has 1 aromatic rings. The Hall–Kier alpha value is -2.38. The van der Waals surface area contributed by atoms with Crippen molar-refractivity contribution in [3.63, 3.8) is 0 Å². The largest absolute Gasteiger partial charge is 0.481 e. The zero-order valence-electron chi connectivity index (χ0n) is 11.7. The maximum atomic E-state index is 12.4. The van der Waals surface area contributed by atoms with Crippen LogP contribution in [0.15, 0.2) is 12.3 Å². The molecule has 8 nitrogen and oxygen atoms in total. The van der Waals surface area contributed by atoms with Crippen LogP contribution in [0.2, 0.25) is 0 Å². The Morgan fingerprint density at radius 1 is 1.52 bits per heavy atom. The van der Waals surface area contributed by atoms with E-state index < -0.39 is 10.9 Å². The Labute approximate surface area is 121 Å². The van der Waals surface area contributed by atoms with Gasteiger partial charge in [-0.05, 0) is 18.8 Å². The molecule has 1 aliphatic heterocycles. The molecule has 1 unspecified atom stereocenters. The summed E-state index contributed by atoms with van der Waals surface area (Å²) >= 11 is 0. The molecule has 1 atom stereocenters. The maximum Gasteiger partial charge on any atom is 0.303 e. The number of carboxylic acid groups (broad SMARTS) is 1. The van der Waals surface area contributed by atoms with E-state index in [1.54, 1.807) is 11.9 Å². The van der Waals surface area contributed by atoms with Gasteiger partial charge in [-0.3, -0.25) is 19.7 Å². The van der Waals surface area contributed by atoms with Crippen molar-refractivity contribution in [2.24, 2.45) is 13.0 Å². The number of carboxylic acids is 1. The van der Waals surface area contributed by atoms with Crippen molar-refractivity contribution in [2.75, 3.05) is 13.1 Å². The average Bonchev–Trinajstić information content (AvgIpc) is 2.80. The normalized spacial score (nSPS) is 18.5. The fourth-order valence-corrected chi connectivity index (χ4v) is 2.68. The molecule has 21 heavy (non-hydrogen) atoms. The van der Waals surface area contributed by atoms with E-state index in [9.17, 15) is 19.7 Å². The van der Waals surface area contributed by atoms with E-state index in [0.717, 1.165) is 12.8 Å². The van der Waals surface area contributed by atoms with Crippen molar-refractivity contribution in [1.82, 2.24) is 9.47 Å². The number of aryl methyl sites for hydroxylation is 1. The van der Waals surface area contributed by atoms with E-state index in [2.05, 4.69) is 0 Å². The summed E-state index contributed by atoms with van der Waals surface area (Å²) in [6, 6.07) is 1.25. The molecule has 1 aliphatic rings. The molecule has 1 saturated heterocycles. The third-order valence-electron chi connectivity index (χ3n) is 3.69. The Bertz CT molecular complexity index is 580. The molecule has 2 rings (SSSR count). The van der Waals surface area contributed by atoms with Crippen molar-refractivity contribution in [3.8, 4) is 0 Å². The van der Waals surface area contributed by atoms with Crippen molar-refractivity contribution >= 4 is 17.6 Å². The van der Waals surface area contributed by atoms with Crippen LogP contribution in [0, 0.1) is 16.0 Å². The molecule has 0 aromatic carbocycles. The first-order valence-electron chi connectivity index (χ1n) is 6.70. The molecule has 0 aliphatic carbocycles. The third kappa shape index (κ3) is 3.39. The zero-order chi connectivity index (χ0) is 15.6.